The first-order chi connectivity index (χ1) is 8.02. The van der Waals surface area contributed by atoms with Gasteiger partial charge in [-0.3, -0.25) is 10.1 Å². The largest absolute Gasteiger partial charge is 0.502 e. The van der Waals surface area contributed by atoms with E-state index in [1.807, 2.05) is 0 Å². The SMILES string of the molecule is COC(=O)c1cc2cc([N+](=O)[O-])c(O)cc2s1. The summed E-state index contributed by atoms with van der Waals surface area (Å²) >= 11 is 1.11. The average molecular weight is 253 g/mol. The van der Waals surface area contributed by atoms with Crippen molar-refractivity contribution in [2.45, 2.75) is 0 Å². The number of aromatic hydroxyl groups is 1. The lowest BCUT2D eigenvalue weighted by Crippen LogP contribution is -1.96. The molecular weight excluding hydrogens is 246 g/mol. The minimum absolute atomic E-state index is 0.336. The van der Waals surface area contributed by atoms with Crippen LogP contribution in [-0.2, 0) is 4.74 Å². The van der Waals surface area contributed by atoms with E-state index in [9.17, 15) is 20.0 Å². The molecule has 0 radical (unpaired) electrons. The van der Waals surface area contributed by atoms with Crippen molar-refractivity contribution < 1.29 is 19.6 Å². The number of hydrogen-bond donors (Lipinski definition) is 1. The van der Waals surface area contributed by atoms with Gasteiger partial charge in [-0.05, 0) is 6.07 Å². The van der Waals surface area contributed by atoms with E-state index >= 15 is 0 Å². The first-order valence-corrected chi connectivity index (χ1v) is 5.34. The molecule has 1 N–H and O–H groups in total. The fourth-order valence-electron chi connectivity index (χ4n) is 1.41. The number of nitro benzene ring substituents is 1. The highest BCUT2D eigenvalue weighted by atomic mass is 32.1. The Balaban J connectivity index is 2.62. The molecule has 1 heterocycles. The fraction of sp³-hybridized carbons (Fsp3) is 0.100. The fourth-order valence-corrected chi connectivity index (χ4v) is 2.41. The number of ether oxygens (including phenoxy) is 1. The molecule has 0 aliphatic heterocycles. The standard InChI is InChI=1S/C10H7NO5S/c1-16-10(13)9-3-5-2-6(11(14)15)7(12)4-8(5)17-9/h2-4,12H,1H3. The zero-order chi connectivity index (χ0) is 12.6. The number of methoxy groups -OCH3 is 1. The smallest absolute Gasteiger partial charge is 0.348 e. The maximum absolute atomic E-state index is 11.3. The third-order valence-electron chi connectivity index (χ3n) is 2.20. The number of hydrogen-bond acceptors (Lipinski definition) is 6. The van der Waals surface area contributed by atoms with Crippen LogP contribution in [0, 0.1) is 10.1 Å². The predicted octanol–water partition coefficient (Wildman–Crippen LogP) is 2.30. The summed E-state index contributed by atoms with van der Waals surface area (Å²) in [6.07, 6.45) is 0. The van der Waals surface area contributed by atoms with Crippen molar-refractivity contribution in [3.63, 3.8) is 0 Å². The van der Waals surface area contributed by atoms with Gasteiger partial charge in [-0.1, -0.05) is 0 Å². The van der Waals surface area contributed by atoms with Gasteiger partial charge in [0.05, 0.1) is 12.0 Å². The Bertz CT molecular complexity index is 618. The van der Waals surface area contributed by atoms with Crippen molar-refractivity contribution in [2.75, 3.05) is 7.11 Å². The van der Waals surface area contributed by atoms with Gasteiger partial charge in [-0.2, -0.15) is 0 Å². The molecule has 2 rings (SSSR count). The highest BCUT2D eigenvalue weighted by Crippen LogP contribution is 2.35. The molecule has 0 atom stereocenters. The molecule has 17 heavy (non-hydrogen) atoms. The second-order valence-corrected chi connectivity index (χ2v) is 4.32. The van der Waals surface area contributed by atoms with E-state index in [1.54, 1.807) is 0 Å². The molecule has 7 heteroatoms. The van der Waals surface area contributed by atoms with Crippen molar-refractivity contribution in [3.8, 4) is 5.75 Å². The molecule has 6 nitrogen and oxygen atoms in total. The normalized spacial score (nSPS) is 10.4. The first-order valence-electron chi connectivity index (χ1n) is 4.52. The summed E-state index contributed by atoms with van der Waals surface area (Å²) in [6, 6.07) is 4.00. The quantitative estimate of drug-likeness (QED) is 0.504. The van der Waals surface area contributed by atoms with Gasteiger partial charge in [-0.15, -0.1) is 11.3 Å². The van der Waals surface area contributed by atoms with Gasteiger partial charge in [0, 0.05) is 22.2 Å². The van der Waals surface area contributed by atoms with Crippen LogP contribution < -0.4 is 0 Å². The number of carbonyl (C=O) groups is 1. The number of carbonyl (C=O) groups excluding carboxylic acids is 1. The molecule has 0 saturated heterocycles. The van der Waals surface area contributed by atoms with Gasteiger partial charge in [0.1, 0.15) is 4.88 Å². The third-order valence-corrected chi connectivity index (χ3v) is 3.27. The number of benzene rings is 1. The molecular formula is C10H7NO5S. The maximum Gasteiger partial charge on any atom is 0.348 e. The van der Waals surface area contributed by atoms with Crippen LogP contribution in [0.25, 0.3) is 10.1 Å². The number of thiophene rings is 1. The van der Waals surface area contributed by atoms with E-state index in [4.69, 9.17) is 0 Å². The number of nitrogens with zero attached hydrogens (tertiary/aromatic N) is 1. The molecule has 0 amide bonds. The Morgan fingerprint density at radius 1 is 1.47 bits per heavy atom. The zero-order valence-electron chi connectivity index (χ0n) is 8.67. The second kappa shape index (κ2) is 4.02. The molecule has 0 unspecified atom stereocenters. The maximum atomic E-state index is 11.3. The minimum atomic E-state index is -0.676. The lowest BCUT2D eigenvalue weighted by molar-refractivity contribution is -0.385. The molecule has 1 aromatic heterocycles. The van der Waals surface area contributed by atoms with E-state index in [2.05, 4.69) is 4.74 Å². The Labute approximate surface area is 99.2 Å². The van der Waals surface area contributed by atoms with Crippen LogP contribution in [0.1, 0.15) is 9.67 Å². The summed E-state index contributed by atoms with van der Waals surface area (Å²) in [4.78, 5) is 21.6. The molecule has 0 aliphatic rings. The summed E-state index contributed by atoms with van der Waals surface area (Å²) in [6.45, 7) is 0. The summed E-state index contributed by atoms with van der Waals surface area (Å²) in [5, 5.41) is 20.6. The number of nitro groups is 1. The van der Waals surface area contributed by atoms with Crippen molar-refractivity contribution >= 4 is 33.1 Å². The van der Waals surface area contributed by atoms with Gasteiger partial charge in [0.25, 0.3) is 0 Å². The number of rotatable bonds is 2. The monoisotopic (exact) mass is 253 g/mol. The van der Waals surface area contributed by atoms with Crippen molar-refractivity contribution in [2.24, 2.45) is 0 Å². The van der Waals surface area contributed by atoms with E-state index in [0.717, 1.165) is 11.3 Å². The van der Waals surface area contributed by atoms with Crippen LogP contribution in [0.15, 0.2) is 18.2 Å². The van der Waals surface area contributed by atoms with Gasteiger partial charge in [0.15, 0.2) is 5.75 Å². The van der Waals surface area contributed by atoms with Crippen molar-refractivity contribution in [1.82, 2.24) is 0 Å². The van der Waals surface area contributed by atoms with Crippen molar-refractivity contribution in [1.29, 1.82) is 0 Å². The molecule has 0 bridgehead atoms. The molecule has 88 valence electrons. The average Bonchev–Trinajstić information content (AvgIpc) is 2.69. The highest BCUT2D eigenvalue weighted by Gasteiger charge is 2.17. The molecule has 0 aliphatic carbocycles. The highest BCUT2D eigenvalue weighted by molar-refractivity contribution is 7.20. The Kier molecular flexibility index (Phi) is 2.68. The van der Waals surface area contributed by atoms with Crippen LogP contribution in [0.2, 0.25) is 0 Å². The molecule has 0 spiro atoms. The minimum Gasteiger partial charge on any atom is -0.502 e. The lowest BCUT2D eigenvalue weighted by Gasteiger charge is -1.95. The lowest BCUT2D eigenvalue weighted by atomic mass is 10.2. The first kappa shape index (κ1) is 11.3. The zero-order valence-corrected chi connectivity index (χ0v) is 9.48. The molecule has 2 aromatic rings. The summed E-state index contributed by atoms with van der Waals surface area (Å²) in [5.41, 5.74) is -0.383. The second-order valence-electron chi connectivity index (χ2n) is 3.24. The summed E-state index contributed by atoms with van der Waals surface area (Å²) < 4.78 is 5.14. The van der Waals surface area contributed by atoms with E-state index in [-0.39, 0.29) is 5.69 Å². The van der Waals surface area contributed by atoms with Gasteiger partial charge >= 0.3 is 11.7 Å². The number of esters is 1. The van der Waals surface area contributed by atoms with Gasteiger partial charge in [-0.25, -0.2) is 4.79 Å². The van der Waals surface area contributed by atoms with E-state index in [1.165, 1.54) is 25.3 Å². The third kappa shape index (κ3) is 1.92. The van der Waals surface area contributed by atoms with Crippen LogP contribution in [0.4, 0.5) is 5.69 Å². The topological polar surface area (TPSA) is 89.7 Å². The predicted molar refractivity (Wildman–Crippen MR) is 61.5 cm³/mol. The summed E-state index contributed by atoms with van der Waals surface area (Å²) in [7, 11) is 1.26. The molecule has 1 aromatic carbocycles. The van der Waals surface area contributed by atoms with E-state index < -0.39 is 16.6 Å². The van der Waals surface area contributed by atoms with Gasteiger partial charge in [0.2, 0.25) is 0 Å². The van der Waals surface area contributed by atoms with Crippen LogP contribution in [0.5, 0.6) is 5.75 Å². The number of phenols is 1. The van der Waals surface area contributed by atoms with Gasteiger partial charge < -0.3 is 9.84 Å². The Morgan fingerprint density at radius 2 is 2.18 bits per heavy atom. The Morgan fingerprint density at radius 3 is 2.76 bits per heavy atom. The molecule has 0 saturated carbocycles. The Hall–Kier alpha value is -2.15. The van der Waals surface area contributed by atoms with Crippen LogP contribution >= 0.6 is 11.3 Å². The van der Waals surface area contributed by atoms with Crippen LogP contribution in [-0.4, -0.2) is 23.1 Å². The van der Waals surface area contributed by atoms with E-state index in [0.29, 0.717) is 15.0 Å². The number of fused-ring (bicyclic) bond motifs is 1. The number of phenolic OH excluding ortho intramolecular Hbond substituents is 1. The van der Waals surface area contributed by atoms with Crippen LogP contribution in [0.3, 0.4) is 0 Å². The summed E-state index contributed by atoms with van der Waals surface area (Å²) in [5.74, 6) is -0.922. The molecule has 0 fully saturated rings. The van der Waals surface area contributed by atoms with Crippen molar-refractivity contribution in [3.05, 3.63) is 33.2 Å².